The molecule has 2 atom stereocenters. The molecule has 0 saturated heterocycles. The van der Waals surface area contributed by atoms with Crippen molar-refractivity contribution in [2.24, 2.45) is 0 Å². The second-order valence-electron chi connectivity index (χ2n) is 9.46. The highest BCUT2D eigenvalue weighted by molar-refractivity contribution is 6.11. The van der Waals surface area contributed by atoms with Gasteiger partial charge in [0, 0.05) is 19.3 Å². The molecular formula is C27H50O6. The molecule has 6 heteroatoms. The Bertz CT molecular complexity index is 523. The largest absolute Gasteiger partial charge is 0.386 e. The second kappa shape index (κ2) is 19.2. The molecule has 3 N–H and O–H groups in total. The van der Waals surface area contributed by atoms with E-state index >= 15 is 0 Å². The maximum Gasteiger partial charge on any atom is 0.210 e. The van der Waals surface area contributed by atoms with Gasteiger partial charge in [0.15, 0.2) is 17.3 Å². The number of hydrogen-bond donors (Lipinski definition) is 3. The molecule has 194 valence electrons. The molecule has 0 aromatic heterocycles. The Balaban J connectivity index is 4.83. The monoisotopic (exact) mass is 470 g/mol. The molecule has 6 nitrogen and oxygen atoms in total. The van der Waals surface area contributed by atoms with Gasteiger partial charge in [0.05, 0.1) is 0 Å². The second-order valence-corrected chi connectivity index (χ2v) is 9.46. The summed E-state index contributed by atoms with van der Waals surface area (Å²) in [7, 11) is 0. The molecule has 0 radical (unpaired) electrons. The highest BCUT2D eigenvalue weighted by Gasteiger charge is 2.52. The molecule has 0 aliphatic carbocycles. The van der Waals surface area contributed by atoms with Crippen LogP contribution in [0.2, 0.25) is 0 Å². The van der Waals surface area contributed by atoms with Gasteiger partial charge in [0.2, 0.25) is 5.60 Å². The normalized spacial score (nSPS) is 13.6. The maximum atomic E-state index is 12.8. The fourth-order valence-electron chi connectivity index (χ4n) is 4.10. The number of ketones is 3. The molecule has 0 aromatic rings. The maximum absolute atomic E-state index is 12.8. The molecule has 0 aliphatic rings. The standard InChI is InChI=1S/C27H50O6/c1-4-7-10-11-12-13-14-15-18-19-22(28)25(31)26(32)27(33,23(29)20-16-8-5-2)24(30)21-17-9-6-3/h25-26,31-33H,4-21H2,1-3H3. The van der Waals surface area contributed by atoms with Crippen molar-refractivity contribution in [1.82, 2.24) is 0 Å². The third-order valence-electron chi connectivity index (χ3n) is 6.45. The lowest BCUT2D eigenvalue weighted by Gasteiger charge is -2.32. The van der Waals surface area contributed by atoms with Crippen LogP contribution in [0.1, 0.15) is 136 Å². The number of aliphatic hydroxyl groups is 3. The van der Waals surface area contributed by atoms with E-state index in [1.54, 1.807) is 0 Å². The summed E-state index contributed by atoms with van der Waals surface area (Å²) in [5, 5.41) is 32.1. The summed E-state index contributed by atoms with van der Waals surface area (Å²) in [6.07, 6.45) is 9.72. The zero-order valence-electron chi connectivity index (χ0n) is 21.4. The zero-order valence-corrected chi connectivity index (χ0v) is 21.4. The van der Waals surface area contributed by atoms with Crippen LogP contribution in [0, 0.1) is 0 Å². The van der Waals surface area contributed by atoms with E-state index in [4.69, 9.17) is 0 Å². The number of Topliss-reactive ketones (excluding diaryl/α,β-unsaturated/α-hetero) is 3. The lowest BCUT2D eigenvalue weighted by Crippen LogP contribution is -2.61. The Morgan fingerprint density at radius 1 is 0.576 bits per heavy atom. The van der Waals surface area contributed by atoms with Gasteiger partial charge in [-0.3, -0.25) is 14.4 Å². The first-order valence-electron chi connectivity index (χ1n) is 13.4. The minimum Gasteiger partial charge on any atom is -0.386 e. The van der Waals surface area contributed by atoms with Crippen molar-refractivity contribution in [1.29, 1.82) is 0 Å². The quantitative estimate of drug-likeness (QED) is 0.139. The van der Waals surface area contributed by atoms with Gasteiger partial charge in [0.1, 0.15) is 12.2 Å². The highest BCUT2D eigenvalue weighted by Crippen LogP contribution is 2.24. The van der Waals surface area contributed by atoms with Gasteiger partial charge >= 0.3 is 0 Å². The Kier molecular flexibility index (Phi) is 18.6. The first kappa shape index (κ1) is 31.9. The van der Waals surface area contributed by atoms with Crippen molar-refractivity contribution in [3.8, 4) is 0 Å². The van der Waals surface area contributed by atoms with Crippen LogP contribution < -0.4 is 0 Å². The molecule has 0 amide bonds. The number of aliphatic hydroxyl groups excluding tert-OH is 2. The summed E-state index contributed by atoms with van der Waals surface area (Å²) in [5.74, 6) is -2.24. The summed E-state index contributed by atoms with van der Waals surface area (Å²) < 4.78 is 0. The SMILES string of the molecule is CCCCCCCCCCCC(=O)C(O)C(O)C(O)(C(=O)CCCCC)C(=O)CCCCC. The fourth-order valence-corrected chi connectivity index (χ4v) is 4.10. The van der Waals surface area contributed by atoms with Crippen molar-refractivity contribution in [3.63, 3.8) is 0 Å². The summed E-state index contributed by atoms with van der Waals surface area (Å²) in [6, 6.07) is 0. The lowest BCUT2D eigenvalue weighted by atomic mass is 9.79. The molecule has 0 aromatic carbocycles. The average Bonchev–Trinajstić information content (AvgIpc) is 2.81. The molecule has 33 heavy (non-hydrogen) atoms. The summed E-state index contributed by atoms with van der Waals surface area (Å²) >= 11 is 0. The third-order valence-corrected chi connectivity index (χ3v) is 6.45. The van der Waals surface area contributed by atoms with Gasteiger partial charge in [-0.25, -0.2) is 0 Å². The minimum absolute atomic E-state index is 0.0538. The number of carbonyl (C=O) groups is 3. The molecule has 0 spiro atoms. The smallest absolute Gasteiger partial charge is 0.210 e. The van der Waals surface area contributed by atoms with Crippen LogP contribution >= 0.6 is 0 Å². The molecule has 0 rings (SSSR count). The molecular weight excluding hydrogens is 420 g/mol. The minimum atomic E-state index is -2.73. The van der Waals surface area contributed by atoms with Crippen LogP contribution in [0.3, 0.4) is 0 Å². The van der Waals surface area contributed by atoms with Gasteiger partial charge in [-0.2, -0.15) is 0 Å². The Morgan fingerprint density at radius 2 is 0.909 bits per heavy atom. The molecule has 0 bridgehead atoms. The zero-order chi connectivity index (χ0) is 25.1. The molecule has 0 heterocycles. The van der Waals surface area contributed by atoms with Gasteiger partial charge in [-0.15, -0.1) is 0 Å². The van der Waals surface area contributed by atoms with E-state index in [1.807, 2.05) is 13.8 Å². The van der Waals surface area contributed by atoms with E-state index in [1.165, 1.54) is 32.1 Å². The van der Waals surface area contributed by atoms with E-state index in [0.717, 1.165) is 44.9 Å². The lowest BCUT2D eigenvalue weighted by molar-refractivity contribution is -0.174. The Morgan fingerprint density at radius 3 is 1.33 bits per heavy atom. The number of unbranched alkanes of at least 4 members (excludes halogenated alkanes) is 12. The van der Waals surface area contributed by atoms with Gasteiger partial charge in [0.25, 0.3) is 0 Å². The van der Waals surface area contributed by atoms with E-state index in [9.17, 15) is 29.7 Å². The van der Waals surface area contributed by atoms with E-state index in [0.29, 0.717) is 19.3 Å². The molecule has 0 aliphatic heterocycles. The van der Waals surface area contributed by atoms with E-state index in [2.05, 4.69) is 6.92 Å². The molecule has 2 unspecified atom stereocenters. The predicted molar refractivity (Wildman–Crippen MR) is 132 cm³/mol. The van der Waals surface area contributed by atoms with Crippen molar-refractivity contribution < 1.29 is 29.7 Å². The first-order chi connectivity index (χ1) is 15.8. The molecule has 0 fully saturated rings. The average molecular weight is 471 g/mol. The van der Waals surface area contributed by atoms with Crippen LogP contribution in [0.25, 0.3) is 0 Å². The van der Waals surface area contributed by atoms with Crippen LogP contribution in [-0.2, 0) is 14.4 Å². The number of carbonyl (C=O) groups excluding carboxylic acids is 3. The topological polar surface area (TPSA) is 112 Å². The van der Waals surface area contributed by atoms with E-state index in [-0.39, 0.29) is 19.3 Å². The van der Waals surface area contributed by atoms with Crippen molar-refractivity contribution >= 4 is 17.3 Å². The van der Waals surface area contributed by atoms with Crippen molar-refractivity contribution in [2.45, 2.75) is 154 Å². The predicted octanol–water partition coefficient (Wildman–Crippen LogP) is 5.23. The van der Waals surface area contributed by atoms with Crippen LogP contribution in [-0.4, -0.2) is 50.5 Å². The first-order valence-corrected chi connectivity index (χ1v) is 13.4. The fraction of sp³-hybridized carbons (Fsp3) is 0.889. The highest BCUT2D eigenvalue weighted by atomic mass is 16.4. The van der Waals surface area contributed by atoms with Crippen LogP contribution in [0.15, 0.2) is 0 Å². The third kappa shape index (κ3) is 12.2. The van der Waals surface area contributed by atoms with Crippen molar-refractivity contribution in [2.75, 3.05) is 0 Å². The Labute approximate surface area is 201 Å². The van der Waals surface area contributed by atoms with Crippen LogP contribution in [0.5, 0.6) is 0 Å². The van der Waals surface area contributed by atoms with Crippen molar-refractivity contribution in [3.05, 3.63) is 0 Å². The number of rotatable bonds is 23. The number of hydrogen-bond acceptors (Lipinski definition) is 6. The summed E-state index contributed by atoms with van der Waals surface area (Å²) in [5.41, 5.74) is -2.73. The summed E-state index contributed by atoms with van der Waals surface area (Å²) in [4.78, 5) is 38.0. The van der Waals surface area contributed by atoms with Crippen LogP contribution in [0.4, 0.5) is 0 Å². The van der Waals surface area contributed by atoms with E-state index < -0.39 is 35.2 Å². The van der Waals surface area contributed by atoms with Gasteiger partial charge in [-0.1, -0.05) is 97.8 Å². The molecule has 0 saturated carbocycles. The summed E-state index contributed by atoms with van der Waals surface area (Å²) in [6.45, 7) is 6.13. The van der Waals surface area contributed by atoms with Gasteiger partial charge in [-0.05, 0) is 19.3 Å². The Hall–Kier alpha value is -1.11. The van der Waals surface area contributed by atoms with Gasteiger partial charge < -0.3 is 15.3 Å².